The summed E-state index contributed by atoms with van der Waals surface area (Å²) < 4.78 is 1.59. The summed E-state index contributed by atoms with van der Waals surface area (Å²) >= 11 is 0. The van der Waals surface area contributed by atoms with Gasteiger partial charge in [-0.2, -0.15) is 10.2 Å². The maximum absolute atomic E-state index is 12.6. The number of amides is 1. The molecule has 0 bridgehead atoms. The van der Waals surface area contributed by atoms with Gasteiger partial charge in [0.2, 0.25) is 0 Å². The normalized spacial score (nSPS) is 16.8. The maximum atomic E-state index is 12.6. The lowest BCUT2D eigenvalue weighted by atomic mass is 10.1. The summed E-state index contributed by atoms with van der Waals surface area (Å²) in [5, 5.41) is 19.3. The third-order valence-corrected chi connectivity index (χ3v) is 3.81. The number of aryl methyl sites for hydroxylation is 1. The van der Waals surface area contributed by atoms with Crippen LogP contribution in [-0.4, -0.2) is 45.6 Å². The molecule has 1 unspecified atom stereocenters. The second kappa shape index (κ2) is 6.15. The smallest absolute Gasteiger partial charge is 0.328 e. The number of carboxylic acids is 1. The van der Waals surface area contributed by atoms with Gasteiger partial charge in [0.1, 0.15) is 5.71 Å². The Labute approximate surface area is 138 Å². The molecule has 1 N–H and O–H groups in total. The summed E-state index contributed by atoms with van der Waals surface area (Å²) in [6, 6.07) is 9.75. The number of carboxylic acid groups (broad SMARTS) is 1. The summed E-state index contributed by atoms with van der Waals surface area (Å²) in [6.07, 6.45) is 1.77. The van der Waals surface area contributed by atoms with Gasteiger partial charge in [-0.1, -0.05) is 18.2 Å². The van der Waals surface area contributed by atoms with Gasteiger partial charge in [0, 0.05) is 32.8 Å². The van der Waals surface area contributed by atoms with Crippen LogP contribution in [0.15, 0.2) is 47.7 Å². The highest BCUT2D eigenvalue weighted by Crippen LogP contribution is 2.25. The van der Waals surface area contributed by atoms with Crippen LogP contribution in [0.1, 0.15) is 6.42 Å². The van der Waals surface area contributed by atoms with E-state index in [0.29, 0.717) is 11.5 Å². The van der Waals surface area contributed by atoms with Crippen LogP contribution in [0.4, 0.5) is 11.5 Å². The van der Waals surface area contributed by atoms with Crippen LogP contribution in [0, 0.1) is 0 Å². The van der Waals surface area contributed by atoms with E-state index in [0.717, 1.165) is 0 Å². The van der Waals surface area contributed by atoms with Gasteiger partial charge in [-0.25, -0.2) is 4.79 Å². The van der Waals surface area contributed by atoms with Gasteiger partial charge >= 0.3 is 5.97 Å². The van der Waals surface area contributed by atoms with Gasteiger partial charge in [-0.3, -0.25) is 19.4 Å². The lowest BCUT2D eigenvalue weighted by molar-refractivity contribution is -0.138. The van der Waals surface area contributed by atoms with Crippen LogP contribution < -0.4 is 9.91 Å². The molecule has 2 heterocycles. The molecule has 1 aliphatic rings. The number of carbonyl (C=O) groups excluding carboxylic acids is 1. The molecule has 0 aliphatic carbocycles. The first-order chi connectivity index (χ1) is 11.5. The number of hydrazone groups is 1. The van der Waals surface area contributed by atoms with E-state index in [4.69, 9.17) is 0 Å². The fraction of sp³-hybridized carbons (Fsp3) is 0.250. The van der Waals surface area contributed by atoms with Crippen molar-refractivity contribution in [3.8, 4) is 0 Å². The fourth-order valence-corrected chi connectivity index (χ4v) is 2.53. The number of hydrogen-bond donors (Lipinski definition) is 1. The van der Waals surface area contributed by atoms with Gasteiger partial charge in [0.15, 0.2) is 11.9 Å². The van der Waals surface area contributed by atoms with Gasteiger partial charge in [0.05, 0.1) is 5.69 Å². The van der Waals surface area contributed by atoms with Gasteiger partial charge in [-0.15, -0.1) is 0 Å². The third-order valence-electron chi connectivity index (χ3n) is 3.81. The Morgan fingerprint density at radius 1 is 1.25 bits per heavy atom. The lowest BCUT2D eigenvalue weighted by Crippen LogP contribution is -2.36. The number of aromatic nitrogens is 2. The summed E-state index contributed by atoms with van der Waals surface area (Å²) in [4.78, 5) is 25.5. The molecule has 0 radical (unpaired) electrons. The van der Waals surface area contributed by atoms with E-state index in [1.807, 2.05) is 6.07 Å². The molecule has 0 spiro atoms. The van der Waals surface area contributed by atoms with Gasteiger partial charge < -0.3 is 5.11 Å². The van der Waals surface area contributed by atoms with E-state index in [1.165, 1.54) is 9.91 Å². The molecule has 0 saturated heterocycles. The number of aliphatic carboxylic acids is 1. The molecule has 1 atom stereocenters. The van der Waals surface area contributed by atoms with Crippen molar-refractivity contribution in [3.63, 3.8) is 0 Å². The lowest BCUT2D eigenvalue weighted by Gasteiger charge is -2.19. The Bertz CT molecular complexity index is 799. The van der Waals surface area contributed by atoms with Crippen LogP contribution in [0.25, 0.3) is 0 Å². The zero-order valence-corrected chi connectivity index (χ0v) is 13.3. The predicted molar refractivity (Wildman–Crippen MR) is 89.0 cm³/mol. The zero-order chi connectivity index (χ0) is 17.3. The molecule has 24 heavy (non-hydrogen) atoms. The predicted octanol–water partition coefficient (Wildman–Crippen LogP) is 1.10. The molecule has 3 rings (SSSR count). The summed E-state index contributed by atoms with van der Waals surface area (Å²) in [7, 11) is 3.35. The molecule has 1 amide bonds. The monoisotopic (exact) mass is 327 g/mol. The van der Waals surface area contributed by atoms with Crippen molar-refractivity contribution in [2.75, 3.05) is 17.0 Å². The first-order valence-corrected chi connectivity index (χ1v) is 7.39. The Balaban J connectivity index is 1.88. The highest BCUT2D eigenvalue weighted by molar-refractivity contribution is 6.44. The molecule has 0 fully saturated rings. The second-order valence-electron chi connectivity index (χ2n) is 5.50. The molecule has 8 heteroatoms. The Kier molecular flexibility index (Phi) is 4.03. The molecule has 1 aromatic carbocycles. The minimum Gasteiger partial charge on any atom is -0.480 e. The van der Waals surface area contributed by atoms with E-state index in [1.54, 1.807) is 55.3 Å². The Morgan fingerprint density at radius 2 is 1.96 bits per heavy atom. The molecular formula is C16H17N5O3. The first kappa shape index (κ1) is 15.7. The van der Waals surface area contributed by atoms with Gasteiger partial charge in [0.25, 0.3) is 5.91 Å². The molecule has 8 nitrogen and oxygen atoms in total. The van der Waals surface area contributed by atoms with Crippen LogP contribution in [0.5, 0.6) is 0 Å². The van der Waals surface area contributed by atoms with Crippen molar-refractivity contribution in [2.45, 2.75) is 12.5 Å². The number of nitrogens with zero attached hydrogens (tertiary/aromatic N) is 5. The number of rotatable bonds is 4. The summed E-state index contributed by atoms with van der Waals surface area (Å²) in [5.41, 5.74) is 0.826. The fourth-order valence-electron chi connectivity index (χ4n) is 2.53. The van der Waals surface area contributed by atoms with Crippen molar-refractivity contribution >= 4 is 29.1 Å². The van der Waals surface area contributed by atoms with Crippen molar-refractivity contribution in [2.24, 2.45) is 12.1 Å². The van der Waals surface area contributed by atoms with Crippen molar-refractivity contribution in [3.05, 3.63) is 42.6 Å². The minimum atomic E-state index is -1.02. The standard InChI is InChI=1S/C16H17N5O3/c1-19-9-8-14(18-19)20(2)15(22)12-10-13(16(23)24)21(17-12)11-6-4-3-5-7-11/h3-9,13H,10H2,1-2H3,(H,23,24). The molecule has 1 aromatic heterocycles. The molecular weight excluding hydrogens is 310 g/mol. The number of anilines is 2. The summed E-state index contributed by atoms with van der Waals surface area (Å²) in [5.74, 6) is -0.903. The van der Waals surface area contributed by atoms with Crippen molar-refractivity contribution in [1.82, 2.24) is 9.78 Å². The molecule has 1 aliphatic heterocycles. The number of hydrogen-bond acceptors (Lipinski definition) is 5. The van der Waals surface area contributed by atoms with E-state index in [9.17, 15) is 14.7 Å². The molecule has 124 valence electrons. The number of benzene rings is 1. The average molecular weight is 327 g/mol. The third kappa shape index (κ3) is 2.85. The van der Waals surface area contributed by atoms with E-state index in [-0.39, 0.29) is 18.0 Å². The highest BCUT2D eigenvalue weighted by atomic mass is 16.4. The Morgan fingerprint density at radius 3 is 2.54 bits per heavy atom. The molecule has 2 aromatic rings. The van der Waals surface area contributed by atoms with E-state index in [2.05, 4.69) is 10.2 Å². The van der Waals surface area contributed by atoms with Gasteiger partial charge in [-0.05, 0) is 12.1 Å². The Hall–Kier alpha value is -3.16. The number of para-hydroxylation sites is 1. The van der Waals surface area contributed by atoms with Crippen LogP contribution >= 0.6 is 0 Å². The second-order valence-corrected chi connectivity index (χ2v) is 5.50. The quantitative estimate of drug-likeness (QED) is 0.908. The van der Waals surface area contributed by atoms with Crippen LogP contribution in [0.3, 0.4) is 0 Å². The SMILES string of the molecule is CN(C(=O)C1=NN(c2ccccc2)C(C(=O)O)C1)c1ccn(C)n1. The summed E-state index contributed by atoms with van der Waals surface area (Å²) in [6.45, 7) is 0. The van der Waals surface area contributed by atoms with Crippen molar-refractivity contribution in [1.29, 1.82) is 0 Å². The zero-order valence-electron chi connectivity index (χ0n) is 13.3. The van der Waals surface area contributed by atoms with Crippen LogP contribution in [-0.2, 0) is 16.6 Å². The molecule has 0 saturated carbocycles. The van der Waals surface area contributed by atoms with Crippen LogP contribution in [0.2, 0.25) is 0 Å². The first-order valence-electron chi connectivity index (χ1n) is 7.39. The average Bonchev–Trinajstić information content (AvgIpc) is 3.21. The van der Waals surface area contributed by atoms with E-state index >= 15 is 0 Å². The highest BCUT2D eigenvalue weighted by Gasteiger charge is 2.37. The van der Waals surface area contributed by atoms with E-state index < -0.39 is 12.0 Å². The number of carbonyl (C=O) groups is 2. The minimum absolute atomic E-state index is 0.0419. The maximum Gasteiger partial charge on any atom is 0.328 e. The van der Waals surface area contributed by atoms with Crippen molar-refractivity contribution < 1.29 is 14.7 Å². The largest absolute Gasteiger partial charge is 0.480 e. The topological polar surface area (TPSA) is 91.0 Å².